The molecule has 0 spiro atoms. The third-order valence-corrected chi connectivity index (χ3v) is 2.02. The molecule has 1 aromatic heterocycles. The van der Waals surface area contributed by atoms with Gasteiger partial charge in [0.2, 0.25) is 0 Å². The van der Waals surface area contributed by atoms with E-state index in [0.29, 0.717) is 11.1 Å². The smallest absolute Gasteiger partial charge is 0.152 e. The van der Waals surface area contributed by atoms with Gasteiger partial charge in [0.05, 0.1) is 5.69 Å². The molecular formula is C9H13ClN2. The van der Waals surface area contributed by atoms with Crippen LogP contribution in [0.3, 0.4) is 0 Å². The molecule has 0 unspecified atom stereocenters. The third-order valence-electron chi connectivity index (χ3n) is 1.83. The van der Waals surface area contributed by atoms with Crippen LogP contribution in [0.4, 0.5) is 0 Å². The van der Waals surface area contributed by atoms with Crippen LogP contribution < -0.4 is 0 Å². The molecule has 66 valence electrons. The van der Waals surface area contributed by atoms with Crippen LogP contribution in [0.5, 0.6) is 0 Å². The summed E-state index contributed by atoms with van der Waals surface area (Å²) in [5, 5.41) is 8.33. The van der Waals surface area contributed by atoms with Crippen molar-refractivity contribution >= 4 is 11.6 Å². The van der Waals surface area contributed by atoms with Gasteiger partial charge in [-0.05, 0) is 24.0 Å². The Morgan fingerprint density at radius 3 is 2.58 bits per heavy atom. The van der Waals surface area contributed by atoms with E-state index in [9.17, 15) is 0 Å². The molecule has 0 saturated carbocycles. The zero-order valence-corrected chi connectivity index (χ0v) is 8.39. The maximum absolute atomic E-state index is 5.74. The van der Waals surface area contributed by atoms with Gasteiger partial charge in [0.15, 0.2) is 5.15 Å². The second-order valence-electron chi connectivity index (χ2n) is 3.08. The largest absolute Gasteiger partial charge is 0.154 e. The first-order valence-corrected chi connectivity index (χ1v) is 4.55. The number of aryl methyl sites for hydroxylation is 1. The maximum Gasteiger partial charge on any atom is 0.152 e. The van der Waals surface area contributed by atoms with Crippen LogP contribution in [0, 0.1) is 0 Å². The number of hydrogen-bond acceptors (Lipinski definition) is 2. The lowest BCUT2D eigenvalue weighted by Gasteiger charge is -2.08. The molecule has 0 amide bonds. The van der Waals surface area contributed by atoms with Crippen LogP contribution in [0.25, 0.3) is 0 Å². The summed E-state index contributed by atoms with van der Waals surface area (Å²) in [4.78, 5) is 0. The van der Waals surface area contributed by atoms with Gasteiger partial charge in [-0.25, -0.2) is 0 Å². The van der Waals surface area contributed by atoms with Crippen LogP contribution >= 0.6 is 11.6 Å². The highest BCUT2D eigenvalue weighted by Crippen LogP contribution is 2.19. The van der Waals surface area contributed by atoms with E-state index in [1.807, 2.05) is 6.07 Å². The van der Waals surface area contributed by atoms with Gasteiger partial charge in [0.1, 0.15) is 0 Å². The fraction of sp³-hybridized carbons (Fsp3) is 0.556. The van der Waals surface area contributed by atoms with Crippen molar-refractivity contribution in [3.05, 3.63) is 22.5 Å². The van der Waals surface area contributed by atoms with E-state index in [-0.39, 0.29) is 0 Å². The topological polar surface area (TPSA) is 25.8 Å². The molecule has 0 N–H and O–H groups in total. The Bertz CT molecular complexity index is 271. The molecule has 2 nitrogen and oxygen atoms in total. The van der Waals surface area contributed by atoms with Crippen molar-refractivity contribution in [3.8, 4) is 0 Å². The lowest BCUT2D eigenvalue weighted by Crippen LogP contribution is -2.00. The summed E-state index contributed by atoms with van der Waals surface area (Å²) < 4.78 is 0. The molecule has 0 bridgehead atoms. The highest BCUT2D eigenvalue weighted by Gasteiger charge is 2.07. The lowest BCUT2D eigenvalue weighted by atomic mass is 10.0. The fourth-order valence-electron chi connectivity index (χ4n) is 1.18. The molecule has 0 aromatic carbocycles. The normalized spacial score (nSPS) is 10.8. The van der Waals surface area contributed by atoms with Crippen molar-refractivity contribution in [1.29, 1.82) is 0 Å². The molecule has 0 aliphatic heterocycles. The minimum absolute atomic E-state index is 0.466. The molecule has 0 aliphatic carbocycles. The van der Waals surface area contributed by atoms with Crippen LogP contribution in [0.1, 0.15) is 37.9 Å². The van der Waals surface area contributed by atoms with E-state index in [1.165, 1.54) is 5.56 Å². The van der Waals surface area contributed by atoms with Gasteiger partial charge in [-0.1, -0.05) is 32.4 Å². The summed E-state index contributed by atoms with van der Waals surface area (Å²) in [5.41, 5.74) is 2.26. The zero-order valence-electron chi connectivity index (χ0n) is 7.63. The van der Waals surface area contributed by atoms with Gasteiger partial charge in [0, 0.05) is 0 Å². The summed E-state index contributed by atoms with van der Waals surface area (Å²) >= 11 is 5.74. The zero-order chi connectivity index (χ0) is 9.14. The molecule has 1 rings (SSSR count). The molecule has 12 heavy (non-hydrogen) atoms. The minimum Gasteiger partial charge on any atom is -0.154 e. The standard InChI is InChI=1S/C9H13ClN2/c1-4-8-7(6(2)3)5-9(10)12-11-8/h5-6H,4H2,1-3H3. The lowest BCUT2D eigenvalue weighted by molar-refractivity contribution is 0.796. The predicted molar refractivity (Wildman–Crippen MR) is 50.5 cm³/mol. The van der Waals surface area contributed by atoms with Crippen molar-refractivity contribution in [3.63, 3.8) is 0 Å². The Labute approximate surface area is 78.0 Å². The van der Waals surface area contributed by atoms with Gasteiger partial charge in [-0.2, -0.15) is 5.10 Å². The monoisotopic (exact) mass is 184 g/mol. The van der Waals surface area contributed by atoms with Crippen molar-refractivity contribution < 1.29 is 0 Å². The van der Waals surface area contributed by atoms with E-state index in [4.69, 9.17) is 11.6 Å². The average Bonchev–Trinajstić information content (AvgIpc) is 2.04. The summed E-state index contributed by atoms with van der Waals surface area (Å²) in [7, 11) is 0. The first kappa shape index (κ1) is 9.46. The number of nitrogens with zero attached hydrogens (tertiary/aromatic N) is 2. The van der Waals surface area contributed by atoms with E-state index in [0.717, 1.165) is 12.1 Å². The van der Waals surface area contributed by atoms with Crippen LogP contribution in [-0.2, 0) is 6.42 Å². The molecule has 1 heterocycles. The summed E-state index contributed by atoms with van der Waals surface area (Å²) in [6, 6.07) is 1.90. The van der Waals surface area contributed by atoms with Gasteiger partial charge < -0.3 is 0 Å². The van der Waals surface area contributed by atoms with Gasteiger partial charge in [0.25, 0.3) is 0 Å². The highest BCUT2D eigenvalue weighted by atomic mass is 35.5. The SMILES string of the molecule is CCc1nnc(Cl)cc1C(C)C. The molecule has 0 radical (unpaired) electrons. The van der Waals surface area contributed by atoms with E-state index < -0.39 is 0 Å². The first-order chi connectivity index (χ1) is 5.65. The number of rotatable bonds is 2. The second-order valence-corrected chi connectivity index (χ2v) is 3.46. The Morgan fingerprint density at radius 2 is 2.08 bits per heavy atom. The quantitative estimate of drug-likeness (QED) is 0.707. The minimum atomic E-state index is 0.466. The Kier molecular flexibility index (Phi) is 3.04. The van der Waals surface area contributed by atoms with E-state index >= 15 is 0 Å². The van der Waals surface area contributed by atoms with Gasteiger partial charge in [-0.3, -0.25) is 0 Å². The predicted octanol–water partition coefficient (Wildman–Crippen LogP) is 2.82. The number of halogens is 1. The summed E-state index contributed by atoms with van der Waals surface area (Å²) in [6.07, 6.45) is 0.914. The Morgan fingerprint density at radius 1 is 1.42 bits per heavy atom. The average molecular weight is 185 g/mol. The summed E-state index contributed by atoms with van der Waals surface area (Å²) in [5.74, 6) is 0.466. The molecule has 1 aromatic rings. The van der Waals surface area contributed by atoms with Crippen molar-refractivity contribution in [1.82, 2.24) is 10.2 Å². The van der Waals surface area contributed by atoms with Gasteiger partial charge >= 0.3 is 0 Å². The van der Waals surface area contributed by atoms with Gasteiger partial charge in [-0.15, -0.1) is 5.10 Å². The third kappa shape index (κ3) is 1.95. The van der Waals surface area contributed by atoms with Crippen molar-refractivity contribution in [2.45, 2.75) is 33.1 Å². The van der Waals surface area contributed by atoms with E-state index in [2.05, 4.69) is 31.0 Å². The molecule has 0 aliphatic rings. The fourth-order valence-corrected chi connectivity index (χ4v) is 1.34. The van der Waals surface area contributed by atoms with Crippen LogP contribution in [0.15, 0.2) is 6.07 Å². The molecule has 0 atom stereocenters. The van der Waals surface area contributed by atoms with Crippen LogP contribution in [0.2, 0.25) is 5.15 Å². The molecule has 0 fully saturated rings. The Hall–Kier alpha value is -0.630. The summed E-state index contributed by atoms with van der Waals surface area (Å²) in [6.45, 7) is 6.34. The first-order valence-electron chi connectivity index (χ1n) is 4.17. The molecular weight excluding hydrogens is 172 g/mol. The highest BCUT2D eigenvalue weighted by molar-refractivity contribution is 6.29. The molecule has 3 heteroatoms. The second kappa shape index (κ2) is 3.85. The Balaban J connectivity index is 3.12. The maximum atomic E-state index is 5.74. The number of hydrogen-bond donors (Lipinski definition) is 0. The van der Waals surface area contributed by atoms with Crippen LogP contribution in [-0.4, -0.2) is 10.2 Å². The van der Waals surface area contributed by atoms with Crippen molar-refractivity contribution in [2.75, 3.05) is 0 Å². The van der Waals surface area contributed by atoms with E-state index in [1.54, 1.807) is 0 Å². The van der Waals surface area contributed by atoms with Crippen molar-refractivity contribution in [2.24, 2.45) is 0 Å². The number of aromatic nitrogens is 2. The molecule has 0 saturated heterocycles.